The first-order valence-electron chi connectivity index (χ1n) is 16.8. The second-order valence-electron chi connectivity index (χ2n) is 12.8. The normalized spacial score (nSPS) is 13.5. The molecule has 1 heterocycles. The van der Waals surface area contributed by atoms with Gasteiger partial charge >= 0.3 is 6.85 Å². The van der Waals surface area contributed by atoms with Crippen molar-refractivity contribution >= 4 is 72.2 Å². The van der Waals surface area contributed by atoms with Gasteiger partial charge in [0.05, 0.1) is 5.70 Å². The molecule has 0 atom stereocenters. The van der Waals surface area contributed by atoms with Crippen molar-refractivity contribution in [1.82, 2.24) is 4.92 Å². The Bertz CT molecular complexity index is 2220. The molecule has 0 saturated carbocycles. The highest BCUT2D eigenvalue weighted by Gasteiger charge is 2.43. The van der Waals surface area contributed by atoms with Crippen LogP contribution in [0, 0.1) is 27.7 Å². The topological polar surface area (TPSA) is 28.0 Å². The summed E-state index contributed by atoms with van der Waals surface area (Å²) in [5.41, 5.74) is 15.6. The SMILES string of the molecule is Cc1cc(C)c(B2C(c3ccccc3)=C(c3ccccc3)C(c3ccccc3)=C(c3ccccc3)N2N=Nc2c(Br)cc(C)cc2Br)c(C)c1. The highest BCUT2D eigenvalue weighted by atomic mass is 79.9. The minimum atomic E-state index is -0.317. The molecule has 6 heteroatoms. The summed E-state index contributed by atoms with van der Waals surface area (Å²) >= 11 is 7.58. The molecular formula is C44H36BBr2N3. The van der Waals surface area contributed by atoms with E-state index in [9.17, 15) is 0 Å². The molecule has 244 valence electrons. The fraction of sp³-hybridized carbons (Fsp3) is 0.0909. The lowest BCUT2D eigenvalue weighted by Crippen LogP contribution is -2.50. The predicted octanol–water partition coefficient (Wildman–Crippen LogP) is 12.4. The Kier molecular flexibility index (Phi) is 9.84. The van der Waals surface area contributed by atoms with Gasteiger partial charge < -0.3 is 0 Å². The smallest absolute Gasteiger partial charge is 0.280 e. The van der Waals surface area contributed by atoms with Crippen LogP contribution in [0.4, 0.5) is 5.69 Å². The molecule has 50 heavy (non-hydrogen) atoms. The van der Waals surface area contributed by atoms with Crippen molar-refractivity contribution in [2.75, 3.05) is 0 Å². The largest absolute Gasteiger partial charge is 0.353 e. The van der Waals surface area contributed by atoms with Crippen molar-refractivity contribution < 1.29 is 0 Å². The van der Waals surface area contributed by atoms with E-state index in [1.807, 2.05) is 0 Å². The number of halogens is 2. The van der Waals surface area contributed by atoms with Gasteiger partial charge in [-0.1, -0.05) is 155 Å². The first-order valence-corrected chi connectivity index (χ1v) is 18.3. The molecule has 6 aromatic carbocycles. The fourth-order valence-electron chi connectivity index (χ4n) is 7.20. The molecule has 0 amide bonds. The molecule has 0 saturated heterocycles. The van der Waals surface area contributed by atoms with Crippen LogP contribution in [0.2, 0.25) is 0 Å². The Morgan fingerprint density at radius 1 is 0.500 bits per heavy atom. The predicted molar refractivity (Wildman–Crippen MR) is 218 cm³/mol. The highest BCUT2D eigenvalue weighted by Crippen LogP contribution is 2.49. The summed E-state index contributed by atoms with van der Waals surface area (Å²) in [6.07, 6.45) is 0. The Labute approximate surface area is 312 Å². The Morgan fingerprint density at radius 2 is 0.920 bits per heavy atom. The molecule has 0 spiro atoms. The van der Waals surface area contributed by atoms with E-state index in [0.29, 0.717) is 0 Å². The third-order valence-corrected chi connectivity index (χ3v) is 10.4. The maximum Gasteiger partial charge on any atom is 0.353 e. The van der Waals surface area contributed by atoms with E-state index in [-0.39, 0.29) is 6.85 Å². The molecule has 3 nitrogen and oxygen atoms in total. The number of rotatable bonds is 7. The van der Waals surface area contributed by atoms with E-state index in [2.05, 4.69) is 210 Å². The van der Waals surface area contributed by atoms with Crippen LogP contribution in [0.5, 0.6) is 0 Å². The van der Waals surface area contributed by atoms with E-state index >= 15 is 0 Å². The van der Waals surface area contributed by atoms with Gasteiger partial charge in [-0.25, -0.2) is 0 Å². The summed E-state index contributed by atoms with van der Waals surface area (Å²) < 4.78 is 1.75. The number of allylic oxidation sites excluding steroid dienone is 2. The zero-order valence-corrected chi connectivity index (χ0v) is 31.7. The minimum absolute atomic E-state index is 0.317. The van der Waals surface area contributed by atoms with E-state index in [0.717, 1.165) is 53.7 Å². The first-order chi connectivity index (χ1) is 24.3. The standard InChI is InChI=1S/C44H36BBr2N3/c1-29-25-31(3)41(32(4)26-29)45-42(35-21-13-7-14-22-35)39(33-17-9-5-10-18-33)40(34-19-11-6-12-20-34)44(36-23-15-8-16-24-36)50(45)49-48-43-37(46)27-30(2)28-38(43)47/h5-28H,1-4H3. The monoisotopic (exact) mass is 775 g/mol. The summed E-state index contributed by atoms with van der Waals surface area (Å²) in [4.78, 5) is 2.18. The van der Waals surface area contributed by atoms with Crippen molar-refractivity contribution in [2.24, 2.45) is 10.3 Å². The van der Waals surface area contributed by atoms with Crippen LogP contribution in [0.3, 0.4) is 0 Å². The summed E-state index contributed by atoms with van der Waals surface area (Å²) in [7, 11) is 0. The lowest BCUT2D eigenvalue weighted by molar-refractivity contribution is 0.612. The van der Waals surface area contributed by atoms with E-state index in [1.54, 1.807) is 0 Å². The summed E-state index contributed by atoms with van der Waals surface area (Å²) in [5, 5.41) is 10.4. The maximum atomic E-state index is 5.31. The van der Waals surface area contributed by atoms with Gasteiger partial charge in [-0.2, -0.15) is 0 Å². The van der Waals surface area contributed by atoms with E-state index < -0.39 is 0 Å². The molecule has 1 aliphatic rings. The van der Waals surface area contributed by atoms with Gasteiger partial charge in [-0.3, -0.25) is 4.92 Å². The van der Waals surface area contributed by atoms with Crippen molar-refractivity contribution in [1.29, 1.82) is 0 Å². The van der Waals surface area contributed by atoms with Gasteiger partial charge in [-0.15, -0.1) is 5.11 Å². The van der Waals surface area contributed by atoms with Crippen molar-refractivity contribution in [3.8, 4) is 0 Å². The summed E-state index contributed by atoms with van der Waals surface area (Å²) in [6.45, 7) is 8.37. The lowest BCUT2D eigenvalue weighted by atomic mass is 9.42. The van der Waals surface area contributed by atoms with Crippen molar-refractivity contribution in [3.63, 3.8) is 0 Å². The number of hydrogen-bond donors (Lipinski definition) is 0. The molecule has 0 unspecified atom stereocenters. The lowest BCUT2D eigenvalue weighted by Gasteiger charge is -2.40. The van der Waals surface area contributed by atoms with Gasteiger partial charge in [0.15, 0.2) is 0 Å². The van der Waals surface area contributed by atoms with Gasteiger partial charge in [0, 0.05) is 14.5 Å². The van der Waals surface area contributed by atoms with Gasteiger partial charge in [0.2, 0.25) is 0 Å². The van der Waals surface area contributed by atoms with E-state index in [1.165, 1.54) is 33.2 Å². The molecule has 6 aromatic rings. The third kappa shape index (κ3) is 6.58. The van der Waals surface area contributed by atoms with Crippen molar-refractivity contribution in [2.45, 2.75) is 27.7 Å². The second kappa shape index (κ2) is 14.6. The van der Waals surface area contributed by atoms with Crippen LogP contribution in [-0.2, 0) is 0 Å². The molecule has 0 radical (unpaired) electrons. The van der Waals surface area contributed by atoms with Crippen LogP contribution in [0.1, 0.15) is 44.5 Å². The molecule has 0 aromatic heterocycles. The highest BCUT2D eigenvalue weighted by molar-refractivity contribution is 9.11. The number of nitrogens with zero attached hydrogens (tertiary/aromatic N) is 3. The van der Waals surface area contributed by atoms with Crippen LogP contribution >= 0.6 is 31.9 Å². The van der Waals surface area contributed by atoms with Crippen molar-refractivity contribution in [3.05, 3.63) is 199 Å². The number of aryl methyl sites for hydroxylation is 4. The van der Waals surface area contributed by atoms with Crippen LogP contribution in [0.25, 0.3) is 22.3 Å². The minimum Gasteiger partial charge on any atom is -0.280 e. The Morgan fingerprint density at radius 3 is 1.42 bits per heavy atom. The third-order valence-electron chi connectivity index (χ3n) is 9.17. The summed E-state index contributed by atoms with van der Waals surface area (Å²) in [5.74, 6) is 0. The first kappa shape index (κ1) is 33.7. The quantitative estimate of drug-likeness (QED) is 0.117. The average Bonchev–Trinajstić information content (AvgIpc) is 3.12. The number of hydrogen-bond acceptors (Lipinski definition) is 2. The van der Waals surface area contributed by atoms with Crippen LogP contribution in [0.15, 0.2) is 165 Å². The maximum absolute atomic E-state index is 5.31. The zero-order valence-electron chi connectivity index (χ0n) is 28.5. The van der Waals surface area contributed by atoms with Gasteiger partial charge in [0.25, 0.3) is 0 Å². The van der Waals surface area contributed by atoms with Crippen LogP contribution < -0.4 is 5.46 Å². The van der Waals surface area contributed by atoms with Gasteiger partial charge in [-0.05, 0) is 116 Å². The van der Waals surface area contributed by atoms with Gasteiger partial charge in [0.1, 0.15) is 5.69 Å². The zero-order chi connectivity index (χ0) is 34.8. The molecule has 0 N–H and O–H groups in total. The average molecular weight is 777 g/mol. The second-order valence-corrected chi connectivity index (χ2v) is 14.5. The Hall–Kier alpha value is -4.78. The van der Waals surface area contributed by atoms with Crippen LogP contribution in [-0.4, -0.2) is 11.8 Å². The number of benzene rings is 6. The molecule has 0 aliphatic carbocycles. The fourth-order valence-corrected chi connectivity index (χ4v) is 8.78. The molecule has 0 bridgehead atoms. The molecular weight excluding hydrogens is 741 g/mol. The molecule has 7 rings (SSSR count). The summed E-state index contributed by atoms with van der Waals surface area (Å²) in [6, 6.07) is 51.7. The molecule has 1 aliphatic heterocycles. The molecule has 0 fully saturated rings. The van der Waals surface area contributed by atoms with E-state index in [4.69, 9.17) is 10.3 Å². The Balaban J connectivity index is 1.69.